The number of rotatable bonds is 6. The first kappa shape index (κ1) is 20.1. The van der Waals surface area contributed by atoms with Crippen molar-refractivity contribution in [2.45, 2.75) is 32.9 Å². The van der Waals surface area contributed by atoms with E-state index in [9.17, 15) is 14.0 Å². The van der Waals surface area contributed by atoms with Crippen molar-refractivity contribution < 1.29 is 14.0 Å². The van der Waals surface area contributed by atoms with E-state index in [-0.39, 0.29) is 17.9 Å². The fourth-order valence-corrected chi connectivity index (χ4v) is 3.20. The van der Waals surface area contributed by atoms with Crippen molar-refractivity contribution in [3.63, 3.8) is 0 Å². The molecular formula is C20H22BrFN2O2. The summed E-state index contributed by atoms with van der Waals surface area (Å²) in [6, 6.07) is 11.9. The zero-order chi connectivity index (χ0) is 19.3. The molecule has 1 unspecified atom stereocenters. The average Bonchev–Trinajstić information content (AvgIpc) is 2.59. The van der Waals surface area contributed by atoms with Gasteiger partial charge in [0, 0.05) is 10.0 Å². The fourth-order valence-electron chi connectivity index (χ4n) is 2.57. The Kier molecular flexibility index (Phi) is 6.91. The van der Waals surface area contributed by atoms with Crippen LogP contribution in [0, 0.1) is 11.7 Å². The summed E-state index contributed by atoms with van der Waals surface area (Å²) in [5.41, 5.74) is 1.26. The van der Waals surface area contributed by atoms with Gasteiger partial charge in [-0.3, -0.25) is 9.59 Å². The van der Waals surface area contributed by atoms with Gasteiger partial charge in [-0.1, -0.05) is 48.0 Å². The van der Waals surface area contributed by atoms with Gasteiger partial charge in [0.15, 0.2) is 0 Å². The van der Waals surface area contributed by atoms with E-state index in [4.69, 9.17) is 0 Å². The summed E-state index contributed by atoms with van der Waals surface area (Å²) < 4.78 is 13.9. The van der Waals surface area contributed by atoms with Gasteiger partial charge in [0.05, 0.1) is 6.04 Å². The quantitative estimate of drug-likeness (QED) is 0.734. The Morgan fingerprint density at radius 3 is 2.15 bits per heavy atom. The van der Waals surface area contributed by atoms with Crippen molar-refractivity contribution >= 4 is 27.7 Å². The van der Waals surface area contributed by atoms with Crippen LogP contribution in [0.15, 0.2) is 53.0 Å². The Bertz CT molecular complexity index is 778. The molecule has 2 aromatic carbocycles. The van der Waals surface area contributed by atoms with Gasteiger partial charge in [0.1, 0.15) is 11.9 Å². The van der Waals surface area contributed by atoms with Crippen LogP contribution in [-0.2, 0) is 4.79 Å². The molecular weight excluding hydrogens is 399 g/mol. The summed E-state index contributed by atoms with van der Waals surface area (Å²) in [7, 11) is 0. The Morgan fingerprint density at radius 1 is 0.962 bits per heavy atom. The Balaban J connectivity index is 2.08. The van der Waals surface area contributed by atoms with E-state index in [1.54, 1.807) is 0 Å². The van der Waals surface area contributed by atoms with Gasteiger partial charge in [-0.25, -0.2) is 4.39 Å². The van der Waals surface area contributed by atoms with Gasteiger partial charge in [-0.05, 0) is 48.7 Å². The normalized spacial score (nSPS) is 13.2. The monoisotopic (exact) mass is 420 g/mol. The second-order valence-electron chi connectivity index (χ2n) is 6.45. The van der Waals surface area contributed by atoms with Gasteiger partial charge >= 0.3 is 0 Å². The maximum Gasteiger partial charge on any atom is 0.251 e. The lowest BCUT2D eigenvalue weighted by atomic mass is 10.0. The molecule has 2 amide bonds. The van der Waals surface area contributed by atoms with Crippen LogP contribution < -0.4 is 10.6 Å². The summed E-state index contributed by atoms with van der Waals surface area (Å²) in [4.78, 5) is 25.1. The highest BCUT2D eigenvalue weighted by molar-refractivity contribution is 9.10. The molecule has 2 atom stereocenters. The van der Waals surface area contributed by atoms with Crippen LogP contribution in [0.2, 0.25) is 0 Å². The van der Waals surface area contributed by atoms with Crippen molar-refractivity contribution in [3.8, 4) is 0 Å². The van der Waals surface area contributed by atoms with E-state index in [1.165, 1.54) is 24.3 Å². The molecule has 0 saturated carbocycles. The molecule has 2 rings (SSSR count). The minimum Gasteiger partial charge on any atom is -0.348 e. The van der Waals surface area contributed by atoms with Crippen LogP contribution in [-0.4, -0.2) is 17.9 Å². The highest BCUT2D eigenvalue weighted by atomic mass is 79.9. The third-order valence-corrected chi connectivity index (χ3v) is 4.79. The average molecular weight is 421 g/mol. The summed E-state index contributed by atoms with van der Waals surface area (Å²) >= 11 is 3.48. The van der Waals surface area contributed by atoms with Gasteiger partial charge < -0.3 is 10.6 Å². The molecule has 6 heteroatoms. The molecule has 0 aliphatic heterocycles. The van der Waals surface area contributed by atoms with Crippen LogP contribution in [0.5, 0.6) is 0 Å². The van der Waals surface area contributed by atoms with Crippen LogP contribution >= 0.6 is 15.9 Å². The molecule has 0 aliphatic rings. The smallest absolute Gasteiger partial charge is 0.251 e. The maximum atomic E-state index is 13.0. The van der Waals surface area contributed by atoms with E-state index in [0.29, 0.717) is 5.56 Å². The molecule has 2 N–H and O–H groups in total. The number of benzene rings is 2. The number of hydrogen-bond acceptors (Lipinski definition) is 2. The first-order chi connectivity index (χ1) is 12.3. The number of hydrogen-bond donors (Lipinski definition) is 2. The largest absolute Gasteiger partial charge is 0.348 e. The zero-order valence-corrected chi connectivity index (χ0v) is 16.5. The molecule has 0 aliphatic carbocycles. The third-order valence-electron chi connectivity index (χ3n) is 4.07. The standard InChI is InChI=1S/C20H22BrFN2O2/c1-12(2)18(24-19(25)14-8-10-15(22)11-9-14)20(26)23-13(3)16-6-4-5-7-17(16)21/h4-13,18H,1-3H3,(H,23,26)(H,24,25)/t13?,18-/m0/s1. The first-order valence-corrected chi connectivity index (χ1v) is 9.20. The molecule has 0 radical (unpaired) electrons. The number of amides is 2. The molecule has 26 heavy (non-hydrogen) atoms. The van der Waals surface area contributed by atoms with E-state index >= 15 is 0 Å². The lowest BCUT2D eigenvalue weighted by molar-refractivity contribution is -0.124. The van der Waals surface area contributed by atoms with Crippen molar-refractivity contribution in [2.75, 3.05) is 0 Å². The summed E-state index contributed by atoms with van der Waals surface area (Å²) in [6.07, 6.45) is 0. The first-order valence-electron chi connectivity index (χ1n) is 8.41. The second kappa shape index (κ2) is 8.94. The maximum absolute atomic E-state index is 13.0. The number of nitrogens with one attached hydrogen (secondary N) is 2. The Labute approximate surface area is 161 Å². The molecule has 0 aromatic heterocycles. The van der Waals surface area contributed by atoms with E-state index in [1.807, 2.05) is 45.0 Å². The molecule has 0 bridgehead atoms. The third kappa shape index (κ3) is 5.14. The van der Waals surface area contributed by atoms with Gasteiger partial charge in [0.2, 0.25) is 5.91 Å². The van der Waals surface area contributed by atoms with Crippen LogP contribution in [0.1, 0.15) is 42.7 Å². The predicted octanol–water partition coefficient (Wildman–Crippen LogP) is 4.22. The predicted molar refractivity (Wildman–Crippen MR) is 103 cm³/mol. The molecule has 4 nitrogen and oxygen atoms in total. The molecule has 0 fully saturated rings. The van der Waals surface area contributed by atoms with Gasteiger partial charge in [-0.15, -0.1) is 0 Å². The van der Waals surface area contributed by atoms with Gasteiger partial charge in [0.25, 0.3) is 5.91 Å². The lowest BCUT2D eigenvalue weighted by Gasteiger charge is -2.24. The van der Waals surface area contributed by atoms with Crippen LogP contribution in [0.4, 0.5) is 4.39 Å². The molecule has 2 aromatic rings. The second-order valence-corrected chi connectivity index (χ2v) is 7.31. The SMILES string of the molecule is CC(NC(=O)[C@@H](NC(=O)c1ccc(F)cc1)C(C)C)c1ccccc1Br. The number of carbonyl (C=O) groups excluding carboxylic acids is 2. The zero-order valence-electron chi connectivity index (χ0n) is 14.9. The minimum atomic E-state index is -0.697. The van der Waals surface area contributed by atoms with Gasteiger partial charge in [-0.2, -0.15) is 0 Å². The number of carbonyl (C=O) groups is 2. The Morgan fingerprint density at radius 2 is 1.58 bits per heavy atom. The van der Waals surface area contributed by atoms with Crippen LogP contribution in [0.25, 0.3) is 0 Å². The highest BCUT2D eigenvalue weighted by Crippen LogP contribution is 2.23. The van der Waals surface area contributed by atoms with Crippen LogP contribution in [0.3, 0.4) is 0 Å². The molecule has 0 heterocycles. The Hall–Kier alpha value is -2.21. The molecule has 138 valence electrons. The summed E-state index contributed by atoms with van der Waals surface area (Å²) in [5, 5.41) is 5.68. The van der Waals surface area contributed by atoms with Crippen molar-refractivity contribution in [1.29, 1.82) is 0 Å². The topological polar surface area (TPSA) is 58.2 Å². The highest BCUT2D eigenvalue weighted by Gasteiger charge is 2.26. The minimum absolute atomic E-state index is 0.106. The fraction of sp³-hybridized carbons (Fsp3) is 0.300. The van der Waals surface area contributed by atoms with Crippen molar-refractivity contribution in [3.05, 3.63) is 69.9 Å². The summed E-state index contributed by atoms with van der Waals surface area (Å²) in [6.45, 7) is 5.60. The molecule has 0 spiro atoms. The molecule has 0 saturated heterocycles. The van der Waals surface area contributed by atoms with E-state index < -0.39 is 17.8 Å². The van der Waals surface area contributed by atoms with E-state index in [0.717, 1.165) is 10.0 Å². The van der Waals surface area contributed by atoms with Crippen molar-refractivity contribution in [2.24, 2.45) is 5.92 Å². The number of halogens is 2. The lowest BCUT2D eigenvalue weighted by Crippen LogP contribution is -2.50. The van der Waals surface area contributed by atoms with Crippen molar-refractivity contribution in [1.82, 2.24) is 10.6 Å². The van der Waals surface area contributed by atoms with E-state index in [2.05, 4.69) is 26.6 Å². The summed E-state index contributed by atoms with van der Waals surface area (Å²) in [5.74, 6) is -1.20.